The number of hydrogen-bond donors (Lipinski definition) is 0. The zero-order chi connectivity index (χ0) is 29.3. The Morgan fingerprint density at radius 3 is 0.949 bits per heavy atom. The van der Waals surface area contributed by atoms with Gasteiger partial charge in [-0.15, -0.1) is 0 Å². The van der Waals surface area contributed by atoms with Crippen LogP contribution in [0.15, 0.2) is 42.5 Å². The van der Waals surface area contributed by atoms with Crippen LogP contribution in [0.25, 0.3) is 22.3 Å². The Morgan fingerprint density at radius 1 is 0.462 bits per heavy atom. The third-order valence-electron chi connectivity index (χ3n) is 8.13. The molecular formula is C36H49Cl2Ga. The molecule has 0 saturated carbocycles. The van der Waals surface area contributed by atoms with Gasteiger partial charge in [-0.05, 0) is 0 Å². The molecule has 0 heterocycles. The standard InChI is InChI=1S/C36H49.2ClH.Ga/c1-21(2)29-17-31(23(5)6)35(32(18-29)24(7)8)27-14-13-15-28(16-27)36-33(25(9)10)19-30(22(3)4)20-34(36)26(11)12;;;/h13-15,17-26H,1-12H3;2*1H;/q;;;+2/p-2. The van der Waals surface area contributed by atoms with Gasteiger partial charge in [-0.2, -0.15) is 0 Å². The van der Waals surface area contributed by atoms with Crippen molar-refractivity contribution >= 4 is 37.6 Å². The Balaban J connectivity index is 2.54. The van der Waals surface area contributed by atoms with E-state index in [1.165, 1.54) is 59.8 Å². The van der Waals surface area contributed by atoms with Crippen LogP contribution < -0.4 is 4.12 Å². The van der Waals surface area contributed by atoms with E-state index in [0.717, 1.165) is 0 Å². The molecule has 0 aliphatic carbocycles. The first-order valence-electron chi connectivity index (χ1n) is 14.9. The third kappa shape index (κ3) is 6.86. The topological polar surface area (TPSA) is 0 Å². The normalized spacial score (nSPS) is 12.2. The van der Waals surface area contributed by atoms with Crippen molar-refractivity contribution in [1.29, 1.82) is 0 Å². The predicted octanol–water partition coefficient (Wildman–Crippen LogP) is 11.9. The summed E-state index contributed by atoms with van der Waals surface area (Å²) < 4.78 is 1.22. The quantitative estimate of drug-likeness (QED) is 0.208. The predicted molar refractivity (Wildman–Crippen MR) is 179 cm³/mol. The van der Waals surface area contributed by atoms with Crippen molar-refractivity contribution in [2.24, 2.45) is 0 Å². The molecule has 3 aromatic carbocycles. The van der Waals surface area contributed by atoms with Crippen molar-refractivity contribution in [1.82, 2.24) is 0 Å². The Morgan fingerprint density at radius 2 is 0.744 bits per heavy atom. The van der Waals surface area contributed by atoms with Gasteiger partial charge >= 0.3 is 254 Å². The van der Waals surface area contributed by atoms with Crippen LogP contribution >= 0.6 is 19.3 Å². The summed E-state index contributed by atoms with van der Waals surface area (Å²) >= 11 is -2.84. The van der Waals surface area contributed by atoms with E-state index in [4.69, 9.17) is 19.3 Å². The molecule has 0 unspecified atom stereocenters. The summed E-state index contributed by atoms with van der Waals surface area (Å²) in [6.07, 6.45) is 0. The molecule has 0 atom stereocenters. The van der Waals surface area contributed by atoms with Gasteiger partial charge in [0.25, 0.3) is 0 Å². The maximum absolute atomic E-state index is 7.16. The third-order valence-corrected chi connectivity index (χ3v) is 12.6. The molecule has 0 aliphatic heterocycles. The van der Waals surface area contributed by atoms with Crippen molar-refractivity contribution in [2.45, 2.75) is 119 Å². The molecule has 0 saturated heterocycles. The van der Waals surface area contributed by atoms with Gasteiger partial charge in [0.2, 0.25) is 0 Å². The molecule has 3 heteroatoms. The Hall–Kier alpha value is -1.12. The summed E-state index contributed by atoms with van der Waals surface area (Å²) in [4.78, 5) is 0. The fourth-order valence-corrected chi connectivity index (χ4v) is 10.2. The minimum absolute atomic E-state index is 0.395. The van der Waals surface area contributed by atoms with Crippen LogP contribution in [0.4, 0.5) is 0 Å². The van der Waals surface area contributed by atoms with Crippen molar-refractivity contribution in [3.8, 4) is 22.3 Å². The molecule has 0 aromatic heterocycles. The number of hydrogen-bond acceptors (Lipinski definition) is 0. The molecule has 0 spiro atoms. The summed E-state index contributed by atoms with van der Waals surface area (Å²) in [5.74, 6) is 2.54. The van der Waals surface area contributed by atoms with Crippen LogP contribution in [-0.2, 0) is 0 Å². The summed E-state index contributed by atoms with van der Waals surface area (Å²) in [5.41, 5.74) is 13.7. The average molecular weight is 622 g/mol. The molecule has 210 valence electrons. The second-order valence-corrected chi connectivity index (χ2v) is 21.3. The number of rotatable bonds is 9. The van der Waals surface area contributed by atoms with Crippen LogP contribution in [-0.4, -0.2) is 14.2 Å². The Labute approximate surface area is 253 Å². The van der Waals surface area contributed by atoms with Gasteiger partial charge in [-0.1, -0.05) is 0 Å². The summed E-state index contributed by atoms with van der Waals surface area (Å²) in [7, 11) is 14.3. The van der Waals surface area contributed by atoms with E-state index in [9.17, 15) is 0 Å². The fourth-order valence-electron chi connectivity index (χ4n) is 5.77. The van der Waals surface area contributed by atoms with Crippen LogP contribution in [0.1, 0.15) is 152 Å². The fraction of sp³-hybridized carbons (Fsp3) is 0.500. The van der Waals surface area contributed by atoms with Gasteiger partial charge < -0.3 is 0 Å². The Kier molecular flexibility index (Phi) is 11.0. The van der Waals surface area contributed by atoms with E-state index < -0.39 is 14.2 Å². The monoisotopic (exact) mass is 620 g/mol. The summed E-state index contributed by atoms with van der Waals surface area (Å²) in [6.45, 7) is 27.7. The first-order chi connectivity index (χ1) is 18.2. The minimum atomic E-state index is -2.84. The SMILES string of the molecule is CC(C)c1cc(C(C)C)c(-c2cccc(-c3c(C(C)C)cc(C(C)C)cc3C(C)C)[c]2[Ga]([Cl])[Cl])c(C(C)C)c1. The number of halogens is 2. The van der Waals surface area contributed by atoms with Crippen molar-refractivity contribution in [2.75, 3.05) is 0 Å². The zero-order valence-electron chi connectivity index (χ0n) is 26.3. The van der Waals surface area contributed by atoms with E-state index >= 15 is 0 Å². The molecule has 0 bridgehead atoms. The molecule has 0 fully saturated rings. The van der Waals surface area contributed by atoms with Gasteiger partial charge in [-0.3, -0.25) is 0 Å². The van der Waals surface area contributed by atoms with Crippen molar-refractivity contribution < 1.29 is 0 Å². The first-order valence-corrected chi connectivity index (χ1v) is 22.5. The molecule has 0 amide bonds. The van der Waals surface area contributed by atoms with Gasteiger partial charge in [0.05, 0.1) is 0 Å². The van der Waals surface area contributed by atoms with Gasteiger partial charge in [-0.25, -0.2) is 0 Å². The van der Waals surface area contributed by atoms with E-state index in [-0.39, 0.29) is 0 Å². The van der Waals surface area contributed by atoms with Crippen LogP contribution in [0.5, 0.6) is 0 Å². The molecule has 0 N–H and O–H groups in total. The zero-order valence-corrected chi connectivity index (χ0v) is 30.3. The van der Waals surface area contributed by atoms with Gasteiger partial charge in [0.1, 0.15) is 0 Å². The van der Waals surface area contributed by atoms with E-state index in [1.807, 2.05) is 0 Å². The molecule has 0 radical (unpaired) electrons. The van der Waals surface area contributed by atoms with E-state index in [1.54, 1.807) is 0 Å². The van der Waals surface area contributed by atoms with E-state index in [0.29, 0.717) is 35.5 Å². The van der Waals surface area contributed by atoms with Gasteiger partial charge in [0, 0.05) is 0 Å². The van der Waals surface area contributed by atoms with Crippen LogP contribution in [0, 0.1) is 0 Å². The van der Waals surface area contributed by atoms with Crippen LogP contribution in [0.3, 0.4) is 0 Å². The molecule has 39 heavy (non-hydrogen) atoms. The van der Waals surface area contributed by atoms with Crippen molar-refractivity contribution in [3.05, 3.63) is 75.8 Å². The molecule has 0 nitrogen and oxygen atoms in total. The molecular weight excluding hydrogens is 573 g/mol. The van der Waals surface area contributed by atoms with Gasteiger partial charge in [0.15, 0.2) is 0 Å². The second-order valence-electron chi connectivity index (χ2n) is 13.1. The van der Waals surface area contributed by atoms with E-state index in [2.05, 4.69) is 126 Å². The number of benzene rings is 3. The van der Waals surface area contributed by atoms with Crippen LogP contribution in [0.2, 0.25) is 0 Å². The van der Waals surface area contributed by atoms with Crippen molar-refractivity contribution in [3.63, 3.8) is 0 Å². The summed E-state index contributed by atoms with van der Waals surface area (Å²) in [5, 5.41) is 0. The second kappa shape index (κ2) is 13.2. The average Bonchev–Trinajstić information content (AvgIpc) is 2.86. The Bertz CT molecular complexity index is 1140. The molecule has 3 aromatic rings. The molecule has 3 rings (SSSR count). The maximum atomic E-state index is 7.16. The summed E-state index contributed by atoms with van der Waals surface area (Å²) in [6, 6.07) is 16.6. The molecule has 0 aliphatic rings. The first kappa shape index (κ1) is 32.4.